The first-order chi connectivity index (χ1) is 14.4. The van der Waals surface area contributed by atoms with Crippen LogP contribution in [-0.4, -0.2) is 14.0 Å². The SMILES string of the molecule is Cc1ccc(S(=O)(=O)N2c3ccc(C)cc3[C@@](C)(c3ccc(Cl)cc3)CC2(C)C)cc1. The third kappa shape index (κ3) is 3.66. The lowest BCUT2D eigenvalue weighted by molar-refractivity contribution is 0.351. The molecule has 0 radical (unpaired) electrons. The lowest BCUT2D eigenvalue weighted by Gasteiger charge is -2.51. The predicted octanol–water partition coefficient (Wildman–Crippen LogP) is 6.64. The third-order valence-corrected chi connectivity index (χ3v) is 8.63. The molecular formula is C26H28ClNO2S. The fraction of sp³-hybridized carbons (Fsp3) is 0.308. The van der Waals surface area contributed by atoms with Gasteiger partial charge in [-0.15, -0.1) is 0 Å². The molecule has 0 aromatic heterocycles. The van der Waals surface area contributed by atoms with Crippen LogP contribution < -0.4 is 4.31 Å². The van der Waals surface area contributed by atoms with Crippen molar-refractivity contribution in [3.05, 3.63) is 94.0 Å². The summed E-state index contributed by atoms with van der Waals surface area (Å²) in [5.41, 5.74) is 4.03. The van der Waals surface area contributed by atoms with E-state index in [0.717, 1.165) is 27.9 Å². The number of nitrogens with zero attached hydrogens (tertiary/aromatic N) is 1. The van der Waals surface area contributed by atoms with Crippen LogP contribution >= 0.6 is 11.6 Å². The van der Waals surface area contributed by atoms with Gasteiger partial charge in [-0.1, -0.05) is 66.0 Å². The van der Waals surface area contributed by atoms with Crippen LogP contribution in [0.25, 0.3) is 0 Å². The molecule has 0 aliphatic carbocycles. The molecule has 1 aliphatic rings. The molecule has 1 heterocycles. The van der Waals surface area contributed by atoms with Crippen LogP contribution in [-0.2, 0) is 15.4 Å². The zero-order valence-electron chi connectivity index (χ0n) is 18.6. The average Bonchev–Trinajstić information content (AvgIpc) is 2.68. The maximum atomic E-state index is 13.9. The van der Waals surface area contributed by atoms with Crippen molar-refractivity contribution in [1.82, 2.24) is 0 Å². The molecule has 0 fully saturated rings. The highest BCUT2D eigenvalue weighted by Gasteiger charge is 2.50. The number of benzene rings is 3. The van der Waals surface area contributed by atoms with Gasteiger partial charge >= 0.3 is 0 Å². The number of rotatable bonds is 3. The van der Waals surface area contributed by atoms with Gasteiger partial charge in [0.05, 0.1) is 16.1 Å². The van der Waals surface area contributed by atoms with Crippen LogP contribution in [0, 0.1) is 13.8 Å². The van der Waals surface area contributed by atoms with Crippen molar-refractivity contribution in [3.8, 4) is 0 Å². The summed E-state index contributed by atoms with van der Waals surface area (Å²) < 4.78 is 29.3. The molecule has 0 saturated carbocycles. The van der Waals surface area contributed by atoms with Crippen LogP contribution in [0.4, 0.5) is 5.69 Å². The van der Waals surface area contributed by atoms with E-state index in [9.17, 15) is 8.42 Å². The predicted molar refractivity (Wildman–Crippen MR) is 129 cm³/mol. The second-order valence-corrected chi connectivity index (χ2v) is 11.7. The van der Waals surface area contributed by atoms with E-state index in [0.29, 0.717) is 16.3 Å². The summed E-state index contributed by atoms with van der Waals surface area (Å²) in [4.78, 5) is 0.313. The first-order valence-corrected chi connectivity index (χ1v) is 12.3. The number of aryl methyl sites for hydroxylation is 2. The van der Waals surface area contributed by atoms with E-state index in [1.54, 1.807) is 16.4 Å². The van der Waals surface area contributed by atoms with E-state index in [1.165, 1.54) is 0 Å². The standard InChI is InChI=1S/C26H28ClNO2S/c1-18-6-13-22(14-7-18)31(29,30)28-24-15-8-19(2)16-23(24)26(5,17-25(28,3)4)20-9-11-21(27)12-10-20/h6-16H,17H2,1-5H3/t26-/m1/s1. The number of hydrogen-bond acceptors (Lipinski definition) is 2. The molecule has 5 heteroatoms. The van der Waals surface area contributed by atoms with Crippen molar-refractivity contribution >= 4 is 27.3 Å². The molecule has 0 amide bonds. The number of fused-ring (bicyclic) bond motifs is 1. The van der Waals surface area contributed by atoms with Crippen LogP contribution in [0.3, 0.4) is 0 Å². The summed E-state index contributed by atoms with van der Waals surface area (Å²) in [5, 5.41) is 0.690. The Kier molecular flexibility index (Phi) is 5.22. The second-order valence-electron chi connectivity index (χ2n) is 9.43. The quantitative estimate of drug-likeness (QED) is 0.445. The van der Waals surface area contributed by atoms with Crippen molar-refractivity contribution in [2.45, 2.75) is 56.9 Å². The average molecular weight is 454 g/mol. The van der Waals surface area contributed by atoms with Crippen LogP contribution in [0.5, 0.6) is 0 Å². The first-order valence-electron chi connectivity index (χ1n) is 10.4. The molecule has 0 bridgehead atoms. The topological polar surface area (TPSA) is 37.4 Å². The minimum Gasteiger partial charge on any atom is -0.260 e. The van der Waals surface area contributed by atoms with Gasteiger partial charge < -0.3 is 0 Å². The first kappa shape index (κ1) is 21.9. The van der Waals surface area contributed by atoms with Crippen molar-refractivity contribution in [1.29, 1.82) is 0 Å². The molecule has 1 atom stereocenters. The van der Waals surface area contributed by atoms with Crippen molar-refractivity contribution in [2.75, 3.05) is 4.31 Å². The summed E-state index contributed by atoms with van der Waals surface area (Å²) in [6.45, 7) is 10.2. The fourth-order valence-corrected chi connectivity index (χ4v) is 6.92. The van der Waals surface area contributed by atoms with Crippen LogP contribution in [0.2, 0.25) is 5.02 Å². The Morgan fingerprint density at radius 2 is 1.42 bits per heavy atom. The number of anilines is 1. The third-order valence-electron chi connectivity index (χ3n) is 6.34. The molecule has 0 N–H and O–H groups in total. The van der Waals surface area contributed by atoms with Gasteiger partial charge in [-0.2, -0.15) is 0 Å². The summed E-state index contributed by atoms with van der Waals surface area (Å²) in [5.74, 6) is 0. The zero-order chi connectivity index (χ0) is 22.6. The lowest BCUT2D eigenvalue weighted by Crippen LogP contribution is -2.55. The molecule has 3 aromatic carbocycles. The maximum absolute atomic E-state index is 13.9. The minimum absolute atomic E-state index is 0.313. The smallest absolute Gasteiger partial charge is 0.260 e. The largest absolute Gasteiger partial charge is 0.264 e. The number of hydrogen-bond donors (Lipinski definition) is 0. The van der Waals surface area contributed by atoms with Gasteiger partial charge in [0, 0.05) is 10.4 Å². The Hall–Kier alpha value is -2.30. The Labute approximate surface area is 190 Å². The molecule has 31 heavy (non-hydrogen) atoms. The van der Waals surface area contributed by atoms with Gasteiger partial charge in [-0.25, -0.2) is 8.42 Å². The van der Waals surface area contributed by atoms with Gasteiger partial charge in [-0.3, -0.25) is 4.31 Å². The lowest BCUT2D eigenvalue weighted by atomic mass is 9.66. The Bertz CT molecular complexity index is 1230. The molecule has 162 valence electrons. The molecule has 3 nitrogen and oxygen atoms in total. The highest BCUT2D eigenvalue weighted by molar-refractivity contribution is 7.93. The molecule has 0 spiro atoms. The van der Waals surface area contributed by atoms with Crippen LogP contribution in [0.15, 0.2) is 71.6 Å². The summed E-state index contributed by atoms with van der Waals surface area (Å²) in [6.07, 6.45) is 0.642. The van der Waals surface area contributed by atoms with E-state index in [2.05, 4.69) is 25.1 Å². The molecule has 0 saturated heterocycles. The Balaban J connectivity index is 1.96. The number of sulfonamides is 1. The van der Waals surface area contributed by atoms with Gasteiger partial charge in [0.15, 0.2) is 0 Å². The van der Waals surface area contributed by atoms with E-state index in [-0.39, 0.29) is 5.41 Å². The van der Waals surface area contributed by atoms with E-state index < -0.39 is 15.6 Å². The van der Waals surface area contributed by atoms with Crippen molar-refractivity contribution < 1.29 is 8.42 Å². The normalized spacial score (nSPS) is 20.4. The maximum Gasteiger partial charge on any atom is 0.264 e. The molecular weight excluding hydrogens is 426 g/mol. The zero-order valence-corrected chi connectivity index (χ0v) is 20.2. The van der Waals surface area contributed by atoms with Crippen molar-refractivity contribution in [3.63, 3.8) is 0 Å². The second kappa shape index (κ2) is 7.39. The fourth-order valence-electron chi connectivity index (χ4n) is 4.97. The van der Waals surface area contributed by atoms with Gasteiger partial charge in [-0.05, 0) is 75.6 Å². The summed E-state index contributed by atoms with van der Waals surface area (Å²) in [6, 6.07) is 21.0. The van der Waals surface area contributed by atoms with Gasteiger partial charge in [0.2, 0.25) is 0 Å². The van der Waals surface area contributed by atoms with Crippen molar-refractivity contribution in [2.24, 2.45) is 0 Å². The molecule has 0 unspecified atom stereocenters. The highest BCUT2D eigenvalue weighted by atomic mass is 35.5. The van der Waals surface area contributed by atoms with E-state index in [4.69, 9.17) is 11.6 Å². The summed E-state index contributed by atoms with van der Waals surface area (Å²) in [7, 11) is -3.74. The van der Waals surface area contributed by atoms with E-state index in [1.807, 2.05) is 64.1 Å². The van der Waals surface area contributed by atoms with E-state index >= 15 is 0 Å². The minimum atomic E-state index is -3.74. The molecule has 1 aliphatic heterocycles. The Morgan fingerprint density at radius 1 is 0.839 bits per heavy atom. The van der Waals surface area contributed by atoms with Gasteiger partial charge in [0.25, 0.3) is 10.0 Å². The van der Waals surface area contributed by atoms with Gasteiger partial charge in [0.1, 0.15) is 0 Å². The monoisotopic (exact) mass is 453 g/mol. The number of halogens is 1. The molecule has 4 rings (SSSR count). The highest BCUT2D eigenvalue weighted by Crippen LogP contribution is 2.52. The Morgan fingerprint density at radius 3 is 2.03 bits per heavy atom. The summed E-state index contributed by atoms with van der Waals surface area (Å²) >= 11 is 6.15. The van der Waals surface area contributed by atoms with Crippen LogP contribution in [0.1, 0.15) is 49.4 Å². The molecule has 3 aromatic rings.